The van der Waals surface area contributed by atoms with E-state index in [1.165, 1.54) is 0 Å². The molecule has 1 aromatic rings. The number of ether oxygens (including phenoxy) is 2. The van der Waals surface area contributed by atoms with Crippen LogP contribution in [0.2, 0.25) is 0 Å². The first-order valence-corrected chi connectivity index (χ1v) is 14.2. The Morgan fingerprint density at radius 1 is 0.971 bits per heavy atom. The number of carbonyl (C=O) groups excluding carboxylic acids is 2. The summed E-state index contributed by atoms with van der Waals surface area (Å²) < 4.78 is 37.0. The standard InChI is InChI=1S/C26H40N2O6S/c1-25(2,3)34-24(30)28-17-12-26(4,13-18-28)14-19-35(31,32)22-10-15-27(16-11-22)23(29)33-20-21-8-6-5-7-9-21/h5-9,22H,10-20H2,1-4H3. The van der Waals surface area contributed by atoms with Crippen molar-refractivity contribution < 1.29 is 27.5 Å². The van der Waals surface area contributed by atoms with Crippen molar-refractivity contribution in [3.63, 3.8) is 0 Å². The molecule has 196 valence electrons. The molecule has 0 bridgehead atoms. The Labute approximate surface area is 209 Å². The molecule has 2 saturated heterocycles. The van der Waals surface area contributed by atoms with Gasteiger partial charge in [0.05, 0.1) is 11.0 Å². The number of hydrogen-bond acceptors (Lipinski definition) is 6. The second-order valence-corrected chi connectivity index (χ2v) is 13.5. The van der Waals surface area contributed by atoms with Crippen LogP contribution in [0.5, 0.6) is 0 Å². The lowest BCUT2D eigenvalue weighted by Crippen LogP contribution is -2.45. The van der Waals surface area contributed by atoms with E-state index in [0.29, 0.717) is 45.4 Å². The normalized spacial score (nSPS) is 19.3. The molecule has 2 heterocycles. The summed E-state index contributed by atoms with van der Waals surface area (Å²) in [6, 6.07) is 9.49. The lowest BCUT2D eigenvalue weighted by Gasteiger charge is -2.40. The molecule has 0 radical (unpaired) electrons. The van der Waals surface area contributed by atoms with Gasteiger partial charge in [-0.1, -0.05) is 37.3 Å². The van der Waals surface area contributed by atoms with Crippen LogP contribution in [0.1, 0.15) is 65.4 Å². The van der Waals surface area contributed by atoms with Crippen LogP contribution >= 0.6 is 0 Å². The van der Waals surface area contributed by atoms with Gasteiger partial charge in [0.2, 0.25) is 0 Å². The van der Waals surface area contributed by atoms with Crippen LogP contribution in [0.25, 0.3) is 0 Å². The minimum Gasteiger partial charge on any atom is -0.445 e. The molecule has 8 nitrogen and oxygen atoms in total. The molecule has 2 amide bonds. The lowest BCUT2D eigenvalue weighted by molar-refractivity contribution is 0.0116. The molecule has 0 N–H and O–H groups in total. The highest BCUT2D eigenvalue weighted by Crippen LogP contribution is 2.36. The number of sulfone groups is 1. The zero-order chi connectivity index (χ0) is 25.7. The van der Waals surface area contributed by atoms with E-state index in [9.17, 15) is 18.0 Å². The first kappa shape index (κ1) is 27.3. The fourth-order valence-electron chi connectivity index (χ4n) is 4.57. The summed E-state index contributed by atoms with van der Waals surface area (Å²) in [5.74, 6) is 0.138. The van der Waals surface area contributed by atoms with Gasteiger partial charge in [-0.2, -0.15) is 0 Å². The largest absolute Gasteiger partial charge is 0.445 e. The van der Waals surface area contributed by atoms with E-state index < -0.39 is 26.8 Å². The summed E-state index contributed by atoms with van der Waals surface area (Å²) >= 11 is 0. The van der Waals surface area contributed by atoms with Gasteiger partial charge in [0, 0.05) is 26.2 Å². The van der Waals surface area contributed by atoms with E-state index in [0.717, 1.165) is 18.4 Å². The van der Waals surface area contributed by atoms with Crippen molar-refractivity contribution in [3.05, 3.63) is 35.9 Å². The number of piperidine rings is 2. The highest BCUT2D eigenvalue weighted by Gasteiger charge is 2.37. The Morgan fingerprint density at radius 2 is 1.54 bits per heavy atom. The van der Waals surface area contributed by atoms with Gasteiger partial charge in [0.1, 0.15) is 12.2 Å². The molecule has 2 aliphatic heterocycles. The molecule has 35 heavy (non-hydrogen) atoms. The van der Waals surface area contributed by atoms with Gasteiger partial charge in [-0.15, -0.1) is 0 Å². The monoisotopic (exact) mass is 508 g/mol. The maximum absolute atomic E-state index is 13.1. The van der Waals surface area contributed by atoms with Crippen molar-refractivity contribution in [2.45, 2.75) is 77.3 Å². The molecule has 0 unspecified atom stereocenters. The molecule has 0 spiro atoms. The molecule has 1 aromatic carbocycles. The van der Waals surface area contributed by atoms with Gasteiger partial charge in [-0.3, -0.25) is 0 Å². The minimum atomic E-state index is -3.26. The van der Waals surface area contributed by atoms with Crippen molar-refractivity contribution in [2.75, 3.05) is 31.9 Å². The van der Waals surface area contributed by atoms with Crippen LogP contribution in [0, 0.1) is 5.41 Å². The molecule has 3 rings (SSSR count). The van der Waals surface area contributed by atoms with Gasteiger partial charge in [-0.25, -0.2) is 18.0 Å². The quantitative estimate of drug-likeness (QED) is 0.556. The number of carbonyl (C=O) groups is 2. The van der Waals surface area contributed by atoms with Gasteiger partial charge in [0.15, 0.2) is 9.84 Å². The zero-order valence-electron chi connectivity index (χ0n) is 21.5. The average molecular weight is 509 g/mol. The summed E-state index contributed by atoms with van der Waals surface area (Å²) in [5.41, 5.74) is 0.275. The Kier molecular flexibility index (Phi) is 8.72. The summed E-state index contributed by atoms with van der Waals surface area (Å²) in [7, 11) is -3.26. The highest BCUT2D eigenvalue weighted by atomic mass is 32.2. The van der Waals surface area contributed by atoms with Gasteiger partial charge >= 0.3 is 12.2 Å². The number of rotatable bonds is 6. The van der Waals surface area contributed by atoms with Gasteiger partial charge in [0.25, 0.3) is 0 Å². The number of likely N-dealkylation sites (tertiary alicyclic amines) is 2. The van der Waals surface area contributed by atoms with Crippen LogP contribution < -0.4 is 0 Å². The predicted molar refractivity (Wildman–Crippen MR) is 135 cm³/mol. The molecular formula is C26H40N2O6S. The molecule has 0 saturated carbocycles. The molecule has 0 atom stereocenters. The van der Waals surface area contributed by atoms with Crippen LogP contribution in [0.4, 0.5) is 9.59 Å². The minimum absolute atomic E-state index is 0.118. The summed E-state index contributed by atoms with van der Waals surface area (Å²) in [6.07, 6.45) is 2.27. The maximum atomic E-state index is 13.1. The van der Waals surface area contributed by atoms with E-state index in [4.69, 9.17) is 9.47 Å². The van der Waals surface area contributed by atoms with Crippen molar-refractivity contribution in [1.82, 2.24) is 9.80 Å². The van der Waals surface area contributed by atoms with E-state index in [1.807, 2.05) is 51.1 Å². The Balaban J connectivity index is 1.41. The second-order valence-electron chi connectivity index (χ2n) is 11.1. The smallest absolute Gasteiger partial charge is 0.410 e. The van der Waals surface area contributed by atoms with Crippen LogP contribution in [-0.4, -0.2) is 73.2 Å². The third kappa shape index (κ3) is 8.12. The molecule has 2 aliphatic rings. The van der Waals surface area contributed by atoms with Crippen molar-refractivity contribution >= 4 is 22.0 Å². The Bertz CT molecular complexity index is 957. The third-order valence-electron chi connectivity index (χ3n) is 7.03. The molecule has 0 aromatic heterocycles. The summed E-state index contributed by atoms with van der Waals surface area (Å²) in [5, 5.41) is -0.425. The number of benzene rings is 1. The second kappa shape index (κ2) is 11.2. The summed E-state index contributed by atoms with van der Waals surface area (Å²) in [6.45, 7) is 9.80. The Hall–Kier alpha value is -2.29. The summed E-state index contributed by atoms with van der Waals surface area (Å²) in [4.78, 5) is 28.0. The third-order valence-corrected chi connectivity index (χ3v) is 9.29. The molecule has 0 aliphatic carbocycles. The van der Waals surface area contributed by atoms with Gasteiger partial charge in [-0.05, 0) is 63.9 Å². The molecular weight excluding hydrogens is 468 g/mol. The number of hydrogen-bond donors (Lipinski definition) is 0. The first-order valence-electron chi connectivity index (χ1n) is 12.5. The van der Waals surface area contributed by atoms with Crippen LogP contribution in [0.3, 0.4) is 0 Å². The SMILES string of the molecule is CC1(CCS(=O)(=O)C2CCN(C(=O)OCc3ccccc3)CC2)CCN(C(=O)OC(C)(C)C)CC1. The van der Waals surface area contributed by atoms with Gasteiger partial charge < -0.3 is 19.3 Å². The Morgan fingerprint density at radius 3 is 2.11 bits per heavy atom. The highest BCUT2D eigenvalue weighted by molar-refractivity contribution is 7.92. The van der Waals surface area contributed by atoms with Crippen LogP contribution in [0.15, 0.2) is 30.3 Å². The number of amides is 2. The maximum Gasteiger partial charge on any atom is 0.410 e. The molecule has 9 heteroatoms. The molecule has 2 fully saturated rings. The van der Waals surface area contributed by atoms with Crippen molar-refractivity contribution in [2.24, 2.45) is 5.41 Å². The van der Waals surface area contributed by atoms with E-state index >= 15 is 0 Å². The van der Waals surface area contributed by atoms with Crippen LogP contribution in [-0.2, 0) is 25.9 Å². The first-order chi connectivity index (χ1) is 16.4. The average Bonchev–Trinajstić information content (AvgIpc) is 2.81. The predicted octanol–water partition coefficient (Wildman–Crippen LogP) is 4.63. The number of nitrogens with zero attached hydrogens (tertiary/aromatic N) is 2. The van der Waals surface area contributed by atoms with E-state index in [1.54, 1.807) is 9.80 Å². The van der Waals surface area contributed by atoms with E-state index in [-0.39, 0.29) is 23.9 Å². The van der Waals surface area contributed by atoms with E-state index in [2.05, 4.69) is 6.92 Å². The zero-order valence-corrected chi connectivity index (χ0v) is 22.3. The lowest BCUT2D eigenvalue weighted by atomic mass is 9.78. The fourth-order valence-corrected chi connectivity index (χ4v) is 6.61. The fraction of sp³-hybridized carbons (Fsp3) is 0.692. The topological polar surface area (TPSA) is 93.2 Å². The van der Waals surface area contributed by atoms with Crippen molar-refractivity contribution in [3.8, 4) is 0 Å². The van der Waals surface area contributed by atoms with Crippen molar-refractivity contribution in [1.29, 1.82) is 0 Å².